The molecule has 0 spiro atoms. The van der Waals surface area contributed by atoms with Gasteiger partial charge >= 0.3 is 0 Å². The van der Waals surface area contributed by atoms with Crippen molar-refractivity contribution in [2.45, 2.75) is 19.3 Å². The number of nitrogens with one attached hydrogen (secondary N) is 1. The van der Waals surface area contributed by atoms with E-state index in [9.17, 15) is 4.79 Å². The number of hydrogen-bond acceptors (Lipinski definition) is 1. The van der Waals surface area contributed by atoms with E-state index in [0.717, 1.165) is 17.5 Å². The van der Waals surface area contributed by atoms with E-state index in [-0.39, 0.29) is 5.91 Å². The Balaban J connectivity index is 1.45. The Morgan fingerprint density at radius 3 is 2.33 bits per heavy atom. The molecule has 0 saturated heterocycles. The number of amides is 1. The molecule has 0 heterocycles. The van der Waals surface area contributed by atoms with E-state index in [4.69, 9.17) is 11.6 Å². The molecule has 3 saturated carbocycles. The zero-order valence-corrected chi connectivity index (χ0v) is 10.9. The maximum absolute atomic E-state index is 12.2. The molecule has 3 fully saturated rings. The third-order valence-electron chi connectivity index (χ3n) is 5.15. The second-order valence-electron chi connectivity index (χ2n) is 6.01. The van der Waals surface area contributed by atoms with Crippen molar-refractivity contribution in [1.29, 1.82) is 0 Å². The van der Waals surface area contributed by atoms with Crippen LogP contribution in [0.4, 0.5) is 5.69 Å². The number of halogens is 1. The number of anilines is 1. The van der Waals surface area contributed by atoms with Crippen LogP contribution in [0.2, 0.25) is 5.02 Å². The van der Waals surface area contributed by atoms with Crippen molar-refractivity contribution in [2.24, 2.45) is 29.6 Å². The molecule has 94 valence electrons. The molecule has 4 rings (SSSR count). The lowest BCUT2D eigenvalue weighted by Crippen LogP contribution is -2.18. The highest BCUT2D eigenvalue weighted by Crippen LogP contribution is 2.69. The lowest BCUT2D eigenvalue weighted by molar-refractivity contribution is -0.118. The second kappa shape index (κ2) is 3.74. The van der Waals surface area contributed by atoms with Crippen LogP contribution in [0.3, 0.4) is 0 Å². The summed E-state index contributed by atoms with van der Waals surface area (Å²) in [5.41, 5.74) is 0.863. The van der Waals surface area contributed by atoms with Gasteiger partial charge in [0.2, 0.25) is 5.91 Å². The molecular weight excluding hydrogens is 246 g/mol. The first-order valence-electron chi connectivity index (χ1n) is 6.80. The number of carbonyl (C=O) groups is 1. The van der Waals surface area contributed by atoms with Gasteiger partial charge in [0.05, 0.1) is 0 Å². The van der Waals surface area contributed by atoms with Crippen LogP contribution >= 0.6 is 11.6 Å². The van der Waals surface area contributed by atoms with Crippen LogP contribution < -0.4 is 5.32 Å². The lowest BCUT2D eigenvalue weighted by atomic mass is 10.0. The van der Waals surface area contributed by atoms with Crippen LogP contribution in [0.25, 0.3) is 0 Å². The second-order valence-corrected chi connectivity index (χ2v) is 6.45. The van der Waals surface area contributed by atoms with Gasteiger partial charge in [-0.05, 0) is 67.2 Å². The quantitative estimate of drug-likeness (QED) is 0.866. The van der Waals surface area contributed by atoms with Gasteiger partial charge in [-0.2, -0.15) is 0 Å². The van der Waals surface area contributed by atoms with Gasteiger partial charge in [-0.25, -0.2) is 0 Å². The molecule has 3 aliphatic rings. The topological polar surface area (TPSA) is 29.1 Å². The van der Waals surface area contributed by atoms with Gasteiger partial charge in [-0.1, -0.05) is 11.6 Å². The van der Waals surface area contributed by atoms with Crippen LogP contribution in [-0.2, 0) is 4.79 Å². The summed E-state index contributed by atoms with van der Waals surface area (Å²) < 4.78 is 0. The van der Waals surface area contributed by atoms with Crippen molar-refractivity contribution in [2.75, 3.05) is 5.32 Å². The summed E-state index contributed by atoms with van der Waals surface area (Å²) in [6.45, 7) is 0. The van der Waals surface area contributed by atoms with Crippen molar-refractivity contribution < 1.29 is 4.79 Å². The van der Waals surface area contributed by atoms with Crippen LogP contribution in [0.1, 0.15) is 19.3 Å². The molecule has 0 aliphatic heterocycles. The maximum Gasteiger partial charge on any atom is 0.228 e. The van der Waals surface area contributed by atoms with Gasteiger partial charge in [-0.15, -0.1) is 0 Å². The van der Waals surface area contributed by atoms with Crippen LogP contribution in [0, 0.1) is 29.6 Å². The number of fused-ring (bicyclic) bond motifs is 5. The molecule has 0 radical (unpaired) electrons. The molecule has 18 heavy (non-hydrogen) atoms. The van der Waals surface area contributed by atoms with Crippen molar-refractivity contribution in [3.05, 3.63) is 29.3 Å². The Hall–Kier alpha value is -1.02. The third-order valence-corrected chi connectivity index (χ3v) is 5.40. The van der Waals surface area contributed by atoms with Crippen molar-refractivity contribution in [1.82, 2.24) is 0 Å². The molecular formula is C15H16ClNO. The van der Waals surface area contributed by atoms with Gasteiger partial charge in [0.1, 0.15) is 0 Å². The minimum absolute atomic E-state index is 0.226. The molecule has 5 atom stereocenters. The number of carbonyl (C=O) groups excluding carboxylic acids is 1. The Labute approximate surface area is 112 Å². The maximum atomic E-state index is 12.2. The van der Waals surface area contributed by atoms with Gasteiger partial charge in [0.25, 0.3) is 0 Å². The zero-order valence-electron chi connectivity index (χ0n) is 10.1. The highest BCUT2D eigenvalue weighted by Gasteiger charge is 2.67. The molecule has 2 bridgehead atoms. The first kappa shape index (κ1) is 10.9. The Morgan fingerprint density at radius 1 is 1.11 bits per heavy atom. The fraction of sp³-hybridized carbons (Fsp3) is 0.533. The molecule has 1 aromatic carbocycles. The van der Waals surface area contributed by atoms with Crippen LogP contribution in [-0.4, -0.2) is 5.91 Å². The van der Waals surface area contributed by atoms with Crippen LogP contribution in [0.5, 0.6) is 0 Å². The molecule has 2 nitrogen and oxygen atoms in total. The van der Waals surface area contributed by atoms with Gasteiger partial charge in [-0.3, -0.25) is 4.79 Å². The molecule has 0 aromatic heterocycles. The number of benzene rings is 1. The largest absolute Gasteiger partial charge is 0.326 e. The smallest absolute Gasteiger partial charge is 0.228 e. The van der Waals surface area contributed by atoms with Gasteiger partial charge in [0.15, 0.2) is 0 Å². The fourth-order valence-corrected chi connectivity index (χ4v) is 4.56. The van der Waals surface area contributed by atoms with Gasteiger partial charge in [0, 0.05) is 16.6 Å². The van der Waals surface area contributed by atoms with E-state index in [1.54, 1.807) is 0 Å². The average molecular weight is 262 g/mol. The first-order valence-corrected chi connectivity index (χ1v) is 7.18. The summed E-state index contributed by atoms with van der Waals surface area (Å²) in [4.78, 5) is 12.2. The SMILES string of the molecule is O=C(Nc1ccc(Cl)cc1)C1[C@@H]2[C@H]3CC[C@H](C3)[C@H]12. The molecule has 3 heteroatoms. The Kier molecular flexibility index (Phi) is 2.25. The number of rotatable bonds is 2. The zero-order chi connectivity index (χ0) is 12.3. The molecule has 1 amide bonds. The molecule has 1 aromatic rings. The average Bonchev–Trinajstić information content (AvgIpc) is 2.82. The summed E-state index contributed by atoms with van der Waals surface area (Å²) in [7, 11) is 0. The first-order chi connectivity index (χ1) is 8.74. The van der Waals surface area contributed by atoms with E-state index in [1.165, 1.54) is 19.3 Å². The van der Waals surface area contributed by atoms with Gasteiger partial charge < -0.3 is 5.32 Å². The lowest BCUT2D eigenvalue weighted by Gasteiger charge is -2.09. The standard InChI is InChI=1S/C15H16ClNO/c16-10-3-5-11(6-4-10)17-15(18)14-12-8-1-2-9(7-8)13(12)14/h3-6,8-9,12-14H,1-2,7H2,(H,17,18)/t8-,9+,12+,13-,14?. The van der Waals surface area contributed by atoms with E-state index in [0.29, 0.717) is 22.8 Å². The van der Waals surface area contributed by atoms with E-state index in [1.807, 2.05) is 24.3 Å². The van der Waals surface area contributed by atoms with Crippen molar-refractivity contribution >= 4 is 23.2 Å². The number of hydrogen-bond donors (Lipinski definition) is 1. The molecule has 1 N–H and O–H groups in total. The predicted octanol–water partition coefficient (Wildman–Crippen LogP) is 3.57. The third kappa shape index (κ3) is 1.51. The Bertz CT molecular complexity index is 482. The summed E-state index contributed by atoms with van der Waals surface area (Å²) in [5.74, 6) is 3.63. The summed E-state index contributed by atoms with van der Waals surface area (Å²) in [6.07, 6.45) is 4.10. The molecule has 3 aliphatic carbocycles. The predicted molar refractivity (Wildman–Crippen MR) is 71.4 cm³/mol. The summed E-state index contributed by atoms with van der Waals surface area (Å²) >= 11 is 5.83. The normalized spacial score (nSPS) is 39.5. The monoisotopic (exact) mass is 261 g/mol. The summed E-state index contributed by atoms with van der Waals surface area (Å²) in [5, 5.41) is 3.73. The van der Waals surface area contributed by atoms with E-state index >= 15 is 0 Å². The highest BCUT2D eigenvalue weighted by atomic mass is 35.5. The summed E-state index contributed by atoms with van der Waals surface area (Å²) in [6, 6.07) is 7.36. The highest BCUT2D eigenvalue weighted by molar-refractivity contribution is 6.30. The van der Waals surface area contributed by atoms with E-state index < -0.39 is 0 Å². The molecule has 1 unspecified atom stereocenters. The van der Waals surface area contributed by atoms with Crippen LogP contribution in [0.15, 0.2) is 24.3 Å². The minimum atomic E-state index is 0.226. The fourth-order valence-electron chi connectivity index (χ4n) is 4.43. The van der Waals surface area contributed by atoms with Crippen molar-refractivity contribution in [3.63, 3.8) is 0 Å². The Morgan fingerprint density at radius 2 is 1.72 bits per heavy atom. The van der Waals surface area contributed by atoms with E-state index in [2.05, 4.69) is 5.32 Å². The van der Waals surface area contributed by atoms with Crippen molar-refractivity contribution in [3.8, 4) is 0 Å². The minimum Gasteiger partial charge on any atom is -0.326 e.